The zero-order valence-corrected chi connectivity index (χ0v) is 9.80. The SMILES string of the molecule is CCC(C)(O)CN1C(=O)c2cccnc2C1=O. The van der Waals surface area contributed by atoms with E-state index >= 15 is 0 Å². The minimum atomic E-state index is -1.06. The van der Waals surface area contributed by atoms with E-state index in [9.17, 15) is 14.7 Å². The first-order chi connectivity index (χ1) is 7.96. The third kappa shape index (κ3) is 1.93. The molecule has 2 rings (SSSR count). The summed E-state index contributed by atoms with van der Waals surface area (Å²) >= 11 is 0. The molecule has 1 aromatic heterocycles. The van der Waals surface area contributed by atoms with Crippen molar-refractivity contribution in [2.75, 3.05) is 6.54 Å². The number of hydrogen-bond acceptors (Lipinski definition) is 4. The number of fused-ring (bicyclic) bond motifs is 1. The molecule has 1 atom stereocenters. The molecule has 1 aliphatic heterocycles. The zero-order chi connectivity index (χ0) is 12.6. The van der Waals surface area contributed by atoms with Crippen LogP contribution < -0.4 is 0 Å². The van der Waals surface area contributed by atoms with E-state index in [1.165, 1.54) is 6.20 Å². The van der Waals surface area contributed by atoms with Crippen LogP contribution in [0.25, 0.3) is 0 Å². The van der Waals surface area contributed by atoms with E-state index in [1.54, 1.807) is 26.0 Å². The first-order valence-electron chi connectivity index (χ1n) is 5.50. The number of aromatic nitrogens is 1. The molecule has 0 fully saturated rings. The number of amides is 2. The lowest BCUT2D eigenvalue weighted by Gasteiger charge is -2.26. The van der Waals surface area contributed by atoms with E-state index in [4.69, 9.17) is 0 Å². The van der Waals surface area contributed by atoms with Crippen LogP contribution in [0.2, 0.25) is 0 Å². The summed E-state index contributed by atoms with van der Waals surface area (Å²) < 4.78 is 0. The Morgan fingerprint density at radius 1 is 1.41 bits per heavy atom. The fraction of sp³-hybridized carbons (Fsp3) is 0.417. The summed E-state index contributed by atoms with van der Waals surface area (Å²) in [6, 6.07) is 3.19. The predicted molar refractivity (Wildman–Crippen MR) is 60.5 cm³/mol. The Bertz CT molecular complexity index is 447. The van der Waals surface area contributed by atoms with Gasteiger partial charge in [0.15, 0.2) is 0 Å². The maximum absolute atomic E-state index is 12.0. The average molecular weight is 234 g/mol. The standard InChI is InChI=1S/C12H14N2O3/c1-3-12(2,17)7-14-10(15)8-5-4-6-13-9(8)11(14)16/h4-6,17H,3,7H2,1-2H3. The zero-order valence-electron chi connectivity index (χ0n) is 9.80. The number of hydrogen-bond donors (Lipinski definition) is 1. The summed E-state index contributed by atoms with van der Waals surface area (Å²) in [5, 5.41) is 9.93. The molecule has 1 N–H and O–H groups in total. The van der Waals surface area contributed by atoms with Crippen LogP contribution in [-0.2, 0) is 0 Å². The smallest absolute Gasteiger partial charge is 0.280 e. The van der Waals surface area contributed by atoms with Crippen LogP contribution in [0.4, 0.5) is 0 Å². The molecule has 0 radical (unpaired) electrons. The number of pyridine rings is 1. The van der Waals surface area contributed by atoms with Gasteiger partial charge in [-0.05, 0) is 25.5 Å². The lowest BCUT2D eigenvalue weighted by molar-refractivity contribution is 0.0173. The highest BCUT2D eigenvalue weighted by Crippen LogP contribution is 2.23. The Morgan fingerprint density at radius 2 is 2.12 bits per heavy atom. The van der Waals surface area contributed by atoms with Crippen molar-refractivity contribution in [1.82, 2.24) is 9.88 Å². The van der Waals surface area contributed by atoms with Crippen LogP contribution in [0.15, 0.2) is 18.3 Å². The molecule has 2 amide bonds. The van der Waals surface area contributed by atoms with Gasteiger partial charge < -0.3 is 5.11 Å². The molecule has 17 heavy (non-hydrogen) atoms. The number of aliphatic hydroxyl groups is 1. The van der Waals surface area contributed by atoms with E-state index in [0.717, 1.165) is 4.90 Å². The van der Waals surface area contributed by atoms with Crippen molar-refractivity contribution in [2.24, 2.45) is 0 Å². The molecule has 1 aromatic rings. The molecule has 90 valence electrons. The van der Waals surface area contributed by atoms with E-state index in [2.05, 4.69) is 4.98 Å². The van der Waals surface area contributed by atoms with E-state index in [-0.39, 0.29) is 18.1 Å². The van der Waals surface area contributed by atoms with Gasteiger partial charge in [0.2, 0.25) is 0 Å². The molecule has 5 nitrogen and oxygen atoms in total. The second kappa shape index (κ2) is 3.92. The number of carbonyl (C=O) groups excluding carboxylic acids is 2. The first-order valence-corrected chi connectivity index (χ1v) is 5.50. The van der Waals surface area contributed by atoms with Gasteiger partial charge in [0.1, 0.15) is 5.69 Å². The molecule has 0 saturated carbocycles. The molecule has 0 saturated heterocycles. The molecule has 2 heterocycles. The summed E-state index contributed by atoms with van der Waals surface area (Å²) in [4.78, 5) is 28.8. The molecular formula is C12H14N2O3. The molecule has 0 spiro atoms. The Kier molecular flexibility index (Phi) is 2.71. The number of carbonyl (C=O) groups is 2. The van der Waals surface area contributed by atoms with E-state index in [1.807, 2.05) is 0 Å². The quantitative estimate of drug-likeness (QED) is 0.787. The van der Waals surface area contributed by atoms with Gasteiger partial charge in [-0.15, -0.1) is 0 Å². The first kappa shape index (κ1) is 11.7. The highest BCUT2D eigenvalue weighted by atomic mass is 16.3. The van der Waals surface area contributed by atoms with Gasteiger partial charge in [0.25, 0.3) is 11.8 Å². The predicted octanol–water partition coefficient (Wildman–Crippen LogP) is 0.839. The second-order valence-electron chi connectivity index (χ2n) is 4.45. The van der Waals surface area contributed by atoms with Gasteiger partial charge in [-0.1, -0.05) is 6.92 Å². The summed E-state index contributed by atoms with van der Waals surface area (Å²) in [5.41, 5.74) is -0.582. The Balaban J connectivity index is 2.31. The average Bonchev–Trinajstić information content (AvgIpc) is 2.55. The van der Waals surface area contributed by atoms with Gasteiger partial charge >= 0.3 is 0 Å². The van der Waals surface area contributed by atoms with Crippen LogP contribution in [-0.4, -0.2) is 39.0 Å². The molecule has 0 bridgehead atoms. The second-order valence-corrected chi connectivity index (χ2v) is 4.45. The van der Waals surface area contributed by atoms with Crippen LogP contribution in [0, 0.1) is 0 Å². The van der Waals surface area contributed by atoms with Crippen LogP contribution >= 0.6 is 0 Å². The van der Waals surface area contributed by atoms with Crippen molar-refractivity contribution < 1.29 is 14.7 Å². The summed E-state index contributed by atoms with van der Waals surface area (Å²) in [5.74, 6) is -0.814. The van der Waals surface area contributed by atoms with E-state index in [0.29, 0.717) is 12.0 Å². The van der Waals surface area contributed by atoms with Gasteiger partial charge in [-0.2, -0.15) is 0 Å². The van der Waals surface area contributed by atoms with Gasteiger partial charge in [-0.3, -0.25) is 19.5 Å². The lowest BCUT2D eigenvalue weighted by Crippen LogP contribution is -2.43. The fourth-order valence-electron chi connectivity index (χ4n) is 1.71. The van der Waals surface area contributed by atoms with Crippen molar-refractivity contribution in [1.29, 1.82) is 0 Å². The van der Waals surface area contributed by atoms with E-state index < -0.39 is 11.5 Å². The summed E-state index contributed by atoms with van der Waals surface area (Å²) in [6.07, 6.45) is 1.94. The Morgan fingerprint density at radius 3 is 2.71 bits per heavy atom. The normalized spacial score (nSPS) is 18.2. The Labute approximate surface area is 99.1 Å². The number of rotatable bonds is 3. The molecular weight excluding hydrogens is 220 g/mol. The fourth-order valence-corrected chi connectivity index (χ4v) is 1.71. The van der Waals surface area contributed by atoms with Crippen molar-refractivity contribution in [3.05, 3.63) is 29.6 Å². The van der Waals surface area contributed by atoms with Crippen LogP contribution in [0.5, 0.6) is 0 Å². The molecule has 0 aliphatic carbocycles. The van der Waals surface area contributed by atoms with Gasteiger partial charge in [-0.25, -0.2) is 0 Å². The number of imide groups is 1. The lowest BCUT2D eigenvalue weighted by atomic mass is 10.0. The van der Waals surface area contributed by atoms with Crippen molar-refractivity contribution in [3.8, 4) is 0 Å². The maximum atomic E-state index is 12.0. The van der Waals surface area contributed by atoms with Crippen molar-refractivity contribution in [2.45, 2.75) is 25.9 Å². The summed E-state index contributed by atoms with van der Waals surface area (Å²) in [7, 11) is 0. The van der Waals surface area contributed by atoms with Crippen molar-refractivity contribution >= 4 is 11.8 Å². The summed E-state index contributed by atoms with van der Waals surface area (Å²) in [6.45, 7) is 3.40. The third-order valence-electron chi connectivity index (χ3n) is 2.99. The van der Waals surface area contributed by atoms with Crippen molar-refractivity contribution in [3.63, 3.8) is 0 Å². The minimum Gasteiger partial charge on any atom is -0.388 e. The molecule has 1 unspecified atom stereocenters. The number of β-amino-alcohol motifs (C(OH)–C–C–N with tert-alkyl or cyclic N) is 1. The maximum Gasteiger partial charge on any atom is 0.280 e. The monoisotopic (exact) mass is 234 g/mol. The molecule has 5 heteroatoms. The third-order valence-corrected chi connectivity index (χ3v) is 2.99. The molecule has 1 aliphatic rings. The van der Waals surface area contributed by atoms with Gasteiger partial charge in [0, 0.05) is 6.20 Å². The highest BCUT2D eigenvalue weighted by Gasteiger charge is 2.39. The van der Waals surface area contributed by atoms with Crippen LogP contribution in [0.3, 0.4) is 0 Å². The minimum absolute atomic E-state index is 0.00245. The topological polar surface area (TPSA) is 70.5 Å². The number of nitrogens with zero attached hydrogens (tertiary/aromatic N) is 2. The Hall–Kier alpha value is -1.75. The van der Waals surface area contributed by atoms with Crippen LogP contribution in [0.1, 0.15) is 41.1 Å². The van der Waals surface area contributed by atoms with Gasteiger partial charge in [0.05, 0.1) is 17.7 Å². The largest absolute Gasteiger partial charge is 0.388 e. The highest BCUT2D eigenvalue weighted by molar-refractivity contribution is 6.20. The molecule has 0 aromatic carbocycles.